The summed E-state index contributed by atoms with van der Waals surface area (Å²) in [7, 11) is 1.37. The van der Waals surface area contributed by atoms with Gasteiger partial charge in [0.15, 0.2) is 0 Å². The largest absolute Gasteiger partial charge is 0.465 e. The molecule has 0 unspecified atom stereocenters. The number of carbonyl (C=O) groups excluding carboxylic acids is 2. The number of amides is 1. The van der Waals surface area contributed by atoms with Crippen LogP contribution in [-0.4, -0.2) is 45.8 Å². The molecule has 1 aromatic heterocycles. The summed E-state index contributed by atoms with van der Waals surface area (Å²) in [6, 6.07) is 13.0. The fraction of sp³-hybridized carbons (Fsp3) is 0.414. The van der Waals surface area contributed by atoms with Crippen molar-refractivity contribution in [3.05, 3.63) is 71.3 Å². The van der Waals surface area contributed by atoms with Gasteiger partial charge in [0.25, 0.3) is 5.91 Å². The van der Waals surface area contributed by atoms with Crippen molar-refractivity contribution < 1.29 is 18.7 Å². The molecule has 3 fully saturated rings. The molecule has 2 aromatic carbocycles. The fourth-order valence-corrected chi connectivity index (χ4v) is 6.10. The number of hydrogen-bond acceptors (Lipinski definition) is 4. The zero-order chi connectivity index (χ0) is 24.8. The van der Waals surface area contributed by atoms with Crippen LogP contribution in [0.5, 0.6) is 0 Å². The Morgan fingerprint density at radius 1 is 0.944 bits per heavy atom. The molecule has 3 aliphatic rings. The molecule has 3 aromatic rings. The third kappa shape index (κ3) is 3.91. The smallest absolute Gasteiger partial charge is 0.341 e. The molecule has 2 aliphatic heterocycles. The van der Waals surface area contributed by atoms with E-state index in [1.54, 1.807) is 29.1 Å². The lowest BCUT2D eigenvalue weighted by Gasteiger charge is -2.46. The summed E-state index contributed by atoms with van der Waals surface area (Å²) in [4.78, 5) is 27.8. The number of methoxy groups -OCH3 is 1. The number of halogens is 1. The van der Waals surface area contributed by atoms with E-state index in [0.717, 1.165) is 62.7 Å². The van der Waals surface area contributed by atoms with Crippen molar-refractivity contribution in [1.82, 2.24) is 14.7 Å². The maximum Gasteiger partial charge on any atom is 0.341 e. The van der Waals surface area contributed by atoms with Crippen molar-refractivity contribution in [2.45, 2.75) is 69.4 Å². The van der Waals surface area contributed by atoms with Crippen LogP contribution < -0.4 is 0 Å². The van der Waals surface area contributed by atoms with Crippen molar-refractivity contribution in [3.8, 4) is 16.8 Å². The van der Waals surface area contributed by atoms with Crippen LogP contribution in [0.4, 0.5) is 4.39 Å². The zero-order valence-electron chi connectivity index (χ0n) is 20.5. The summed E-state index contributed by atoms with van der Waals surface area (Å²) in [6.45, 7) is 0. The van der Waals surface area contributed by atoms with Gasteiger partial charge in [-0.1, -0.05) is 24.3 Å². The summed E-state index contributed by atoms with van der Waals surface area (Å²) in [6.07, 6.45) is 9.84. The van der Waals surface area contributed by atoms with Gasteiger partial charge in [-0.2, -0.15) is 5.10 Å². The van der Waals surface area contributed by atoms with Gasteiger partial charge in [-0.25, -0.2) is 13.9 Å². The minimum Gasteiger partial charge on any atom is -0.465 e. The lowest BCUT2D eigenvalue weighted by atomic mass is 9.84. The molecular weight excluding hydrogens is 457 g/mol. The van der Waals surface area contributed by atoms with Gasteiger partial charge in [-0.05, 0) is 75.1 Å². The Morgan fingerprint density at radius 2 is 1.64 bits per heavy atom. The van der Waals surface area contributed by atoms with Crippen LogP contribution in [0, 0.1) is 5.82 Å². The number of esters is 1. The van der Waals surface area contributed by atoms with Gasteiger partial charge in [0, 0.05) is 23.6 Å². The second-order valence-electron chi connectivity index (χ2n) is 10.2. The van der Waals surface area contributed by atoms with E-state index in [-0.39, 0.29) is 29.5 Å². The van der Waals surface area contributed by atoms with Gasteiger partial charge in [-0.15, -0.1) is 0 Å². The van der Waals surface area contributed by atoms with Gasteiger partial charge in [0.05, 0.1) is 30.3 Å². The number of fused-ring (bicyclic) bond motifs is 2. The Kier molecular flexibility index (Phi) is 5.86. The average Bonchev–Trinajstić information content (AvgIpc) is 3.65. The van der Waals surface area contributed by atoms with Gasteiger partial charge in [0.1, 0.15) is 11.4 Å². The third-order valence-corrected chi connectivity index (χ3v) is 7.98. The lowest BCUT2D eigenvalue weighted by molar-refractivity contribution is 0.0281. The van der Waals surface area contributed by atoms with E-state index < -0.39 is 11.8 Å². The number of piperidine rings is 2. The number of nitrogens with zero attached hydrogens (tertiary/aromatic N) is 3. The predicted octanol–water partition coefficient (Wildman–Crippen LogP) is 5.89. The van der Waals surface area contributed by atoms with Gasteiger partial charge in [0.2, 0.25) is 0 Å². The molecule has 3 heterocycles. The van der Waals surface area contributed by atoms with E-state index in [1.165, 1.54) is 7.11 Å². The highest BCUT2D eigenvalue weighted by Crippen LogP contribution is 2.43. The van der Waals surface area contributed by atoms with Crippen molar-refractivity contribution in [3.63, 3.8) is 0 Å². The van der Waals surface area contributed by atoms with Crippen LogP contribution in [0.1, 0.15) is 83.7 Å². The van der Waals surface area contributed by atoms with Crippen LogP contribution in [0.2, 0.25) is 0 Å². The molecule has 7 heteroatoms. The maximum atomic E-state index is 15.9. The topological polar surface area (TPSA) is 64.4 Å². The minimum absolute atomic E-state index is 0.141. The summed E-state index contributed by atoms with van der Waals surface area (Å²) in [5.74, 6) is -0.821. The monoisotopic (exact) mass is 487 g/mol. The van der Waals surface area contributed by atoms with E-state index in [2.05, 4.69) is 5.10 Å². The molecule has 1 amide bonds. The van der Waals surface area contributed by atoms with Gasteiger partial charge >= 0.3 is 5.97 Å². The van der Waals surface area contributed by atoms with E-state index in [0.29, 0.717) is 16.7 Å². The van der Waals surface area contributed by atoms with Gasteiger partial charge in [-0.3, -0.25) is 4.79 Å². The Hall–Kier alpha value is -3.48. The molecule has 0 N–H and O–H groups in total. The molecule has 6 rings (SSSR count). The van der Waals surface area contributed by atoms with Crippen molar-refractivity contribution >= 4 is 11.9 Å². The standard InChI is InChI=1S/C29H30FN3O3/c1-36-29(35)25-17-31-33(27(25)18-14-15-18)22-11-2-6-19(16-22)23-12-5-13-24(26(23)30)28(34)32-20-7-3-8-21(32)10-4-9-20/h2,5-6,11-13,16-18,20-21H,3-4,7-10,14-15H2,1H3. The van der Waals surface area contributed by atoms with Crippen LogP contribution in [0.15, 0.2) is 48.7 Å². The molecule has 6 nitrogen and oxygen atoms in total. The minimum atomic E-state index is -0.485. The summed E-state index contributed by atoms with van der Waals surface area (Å²) in [5, 5.41) is 4.47. The summed E-state index contributed by atoms with van der Waals surface area (Å²) in [5.41, 5.74) is 3.23. The molecule has 2 bridgehead atoms. The van der Waals surface area contributed by atoms with E-state index >= 15 is 4.39 Å². The van der Waals surface area contributed by atoms with E-state index in [1.807, 2.05) is 29.2 Å². The zero-order valence-corrected chi connectivity index (χ0v) is 20.5. The first-order valence-electron chi connectivity index (χ1n) is 12.9. The molecule has 2 saturated heterocycles. The molecule has 36 heavy (non-hydrogen) atoms. The van der Waals surface area contributed by atoms with Gasteiger partial charge < -0.3 is 9.64 Å². The third-order valence-electron chi connectivity index (χ3n) is 7.98. The predicted molar refractivity (Wildman–Crippen MR) is 134 cm³/mol. The van der Waals surface area contributed by atoms with Crippen LogP contribution >= 0.6 is 0 Å². The van der Waals surface area contributed by atoms with Crippen LogP contribution in [-0.2, 0) is 4.74 Å². The molecule has 0 radical (unpaired) electrons. The highest BCUT2D eigenvalue weighted by molar-refractivity contribution is 5.96. The Labute approximate surface area is 210 Å². The Bertz CT molecular complexity index is 1310. The number of rotatable bonds is 5. The lowest BCUT2D eigenvalue weighted by Crippen LogP contribution is -2.52. The molecule has 1 aliphatic carbocycles. The number of carbonyl (C=O) groups is 2. The summed E-state index contributed by atoms with van der Waals surface area (Å²) >= 11 is 0. The van der Waals surface area contributed by atoms with Crippen molar-refractivity contribution in [2.75, 3.05) is 7.11 Å². The average molecular weight is 488 g/mol. The number of ether oxygens (including phenoxy) is 1. The number of aromatic nitrogens is 2. The molecule has 186 valence electrons. The molecule has 0 spiro atoms. The molecule has 0 atom stereocenters. The Morgan fingerprint density at radius 3 is 2.31 bits per heavy atom. The maximum absolute atomic E-state index is 15.9. The first kappa shape index (κ1) is 23.0. The molecular formula is C29H30FN3O3. The highest BCUT2D eigenvalue weighted by atomic mass is 19.1. The summed E-state index contributed by atoms with van der Waals surface area (Å²) < 4.78 is 22.6. The normalized spacial score (nSPS) is 21.3. The Balaban J connectivity index is 1.36. The van der Waals surface area contributed by atoms with Crippen LogP contribution in [0.25, 0.3) is 16.8 Å². The van der Waals surface area contributed by atoms with Crippen molar-refractivity contribution in [1.29, 1.82) is 0 Å². The number of hydrogen-bond donors (Lipinski definition) is 0. The van der Waals surface area contributed by atoms with Crippen molar-refractivity contribution in [2.24, 2.45) is 0 Å². The second kappa shape index (κ2) is 9.19. The SMILES string of the molecule is COC(=O)c1cnn(-c2cccc(-c3cccc(C(=O)N4C5CCCC4CCC5)c3F)c2)c1C1CC1. The second-order valence-corrected chi connectivity index (χ2v) is 10.2. The highest BCUT2D eigenvalue weighted by Gasteiger charge is 2.38. The fourth-order valence-electron chi connectivity index (χ4n) is 6.10. The quantitative estimate of drug-likeness (QED) is 0.421. The number of benzene rings is 2. The van der Waals surface area contributed by atoms with Crippen LogP contribution in [0.3, 0.4) is 0 Å². The first-order valence-corrected chi connectivity index (χ1v) is 12.9. The van der Waals surface area contributed by atoms with E-state index in [9.17, 15) is 9.59 Å². The van der Waals surface area contributed by atoms with E-state index in [4.69, 9.17) is 4.74 Å². The first-order chi connectivity index (χ1) is 17.6. The molecule has 1 saturated carbocycles.